The fourth-order valence-corrected chi connectivity index (χ4v) is 4.67. The number of nitrogens with one attached hydrogen (secondary N) is 1. The molecule has 1 N–H and O–H groups in total. The average Bonchev–Trinajstić information content (AvgIpc) is 3.03. The van der Waals surface area contributed by atoms with Crippen molar-refractivity contribution in [3.8, 4) is 0 Å². The van der Waals surface area contributed by atoms with Crippen LogP contribution in [0.25, 0.3) is 0 Å². The fraction of sp³-hybridized carbons (Fsp3) is 0.385. The zero-order chi connectivity index (χ0) is 21.6. The normalized spacial score (nSPS) is 19.2. The van der Waals surface area contributed by atoms with Crippen LogP contribution < -0.4 is 10.2 Å². The van der Waals surface area contributed by atoms with Crippen molar-refractivity contribution in [2.24, 2.45) is 0 Å². The number of likely N-dealkylation sites (tertiary alicyclic amines) is 1. The van der Waals surface area contributed by atoms with E-state index in [0.29, 0.717) is 12.1 Å². The quantitative estimate of drug-likeness (QED) is 0.750. The number of hydrogen-bond acceptors (Lipinski definition) is 3. The van der Waals surface area contributed by atoms with Gasteiger partial charge in [-0.2, -0.15) is 0 Å². The monoisotopic (exact) mass is 417 g/mol. The lowest BCUT2D eigenvalue weighted by molar-refractivity contribution is -0.114. The van der Waals surface area contributed by atoms with Crippen molar-refractivity contribution >= 4 is 17.5 Å². The molecule has 5 heteroatoms. The van der Waals surface area contributed by atoms with E-state index in [0.717, 1.165) is 63.0 Å². The highest BCUT2D eigenvalue weighted by atomic mass is 16.2. The SMILES string of the molecule is C=CC(=O)N1CCCc2cc(C(=O)NC3CCCCN(Cc4ccccc4)C3)ccc21. The van der Waals surface area contributed by atoms with E-state index in [9.17, 15) is 9.59 Å². The molecule has 2 amide bonds. The van der Waals surface area contributed by atoms with Crippen LogP contribution in [0.3, 0.4) is 0 Å². The Morgan fingerprint density at radius 1 is 1.06 bits per heavy atom. The number of hydrogen-bond donors (Lipinski definition) is 1. The maximum absolute atomic E-state index is 13.0. The Hall–Kier alpha value is -2.92. The van der Waals surface area contributed by atoms with Crippen molar-refractivity contribution in [2.45, 2.75) is 44.7 Å². The van der Waals surface area contributed by atoms with Crippen LogP contribution in [0, 0.1) is 0 Å². The first-order valence-corrected chi connectivity index (χ1v) is 11.3. The molecule has 0 bridgehead atoms. The van der Waals surface area contributed by atoms with Gasteiger partial charge in [0.2, 0.25) is 5.91 Å². The summed E-state index contributed by atoms with van der Waals surface area (Å²) in [7, 11) is 0. The zero-order valence-electron chi connectivity index (χ0n) is 18.1. The third-order valence-corrected chi connectivity index (χ3v) is 6.24. The summed E-state index contributed by atoms with van der Waals surface area (Å²) in [6.07, 6.45) is 6.41. The molecule has 0 saturated carbocycles. The second-order valence-electron chi connectivity index (χ2n) is 8.53. The summed E-state index contributed by atoms with van der Waals surface area (Å²) >= 11 is 0. The first-order chi connectivity index (χ1) is 15.1. The van der Waals surface area contributed by atoms with Crippen LogP contribution in [0.4, 0.5) is 5.69 Å². The third-order valence-electron chi connectivity index (χ3n) is 6.24. The summed E-state index contributed by atoms with van der Waals surface area (Å²) in [5, 5.41) is 3.27. The molecule has 1 unspecified atom stereocenters. The van der Waals surface area contributed by atoms with Crippen LogP contribution in [0.15, 0.2) is 61.2 Å². The number of carbonyl (C=O) groups excluding carboxylic acids is 2. The van der Waals surface area contributed by atoms with Gasteiger partial charge in [0.15, 0.2) is 0 Å². The highest BCUT2D eigenvalue weighted by Gasteiger charge is 2.24. The molecule has 0 spiro atoms. The van der Waals surface area contributed by atoms with Crippen LogP contribution in [-0.4, -0.2) is 42.4 Å². The summed E-state index contributed by atoms with van der Waals surface area (Å²) in [5.41, 5.74) is 3.94. The molecule has 2 aromatic carbocycles. The van der Waals surface area contributed by atoms with Gasteiger partial charge >= 0.3 is 0 Å². The predicted molar refractivity (Wildman–Crippen MR) is 124 cm³/mol. The Balaban J connectivity index is 1.42. The van der Waals surface area contributed by atoms with Crippen LogP contribution in [0.5, 0.6) is 0 Å². The first-order valence-electron chi connectivity index (χ1n) is 11.3. The molecule has 1 fully saturated rings. The molecule has 162 valence electrons. The highest BCUT2D eigenvalue weighted by molar-refractivity contribution is 6.02. The number of benzene rings is 2. The Morgan fingerprint density at radius 2 is 1.90 bits per heavy atom. The van der Waals surface area contributed by atoms with Crippen LogP contribution in [0.2, 0.25) is 0 Å². The van der Waals surface area contributed by atoms with Gasteiger partial charge in [-0.1, -0.05) is 43.3 Å². The van der Waals surface area contributed by atoms with Gasteiger partial charge in [-0.15, -0.1) is 0 Å². The Labute approximate surface area is 184 Å². The van der Waals surface area contributed by atoms with E-state index in [1.165, 1.54) is 11.6 Å². The summed E-state index contributed by atoms with van der Waals surface area (Å²) < 4.78 is 0. The molecule has 1 atom stereocenters. The number of nitrogens with zero attached hydrogens (tertiary/aromatic N) is 2. The zero-order valence-corrected chi connectivity index (χ0v) is 18.1. The van der Waals surface area contributed by atoms with Gasteiger partial charge in [0.05, 0.1) is 0 Å². The molecule has 2 aliphatic heterocycles. The molecule has 31 heavy (non-hydrogen) atoms. The molecular weight excluding hydrogens is 386 g/mol. The molecule has 0 radical (unpaired) electrons. The fourth-order valence-electron chi connectivity index (χ4n) is 4.67. The third kappa shape index (κ3) is 5.23. The standard InChI is InChI=1S/C26H31N3O2/c1-2-25(30)29-16-8-11-21-17-22(13-14-24(21)29)26(31)27-23-12-6-7-15-28(19-23)18-20-9-4-3-5-10-20/h2-5,9-10,13-14,17,23H,1,6-8,11-12,15-16,18-19H2,(H,27,31). The van der Waals surface area contributed by atoms with E-state index in [4.69, 9.17) is 0 Å². The molecular formula is C26H31N3O2. The summed E-state index contributed by atoms with van der Waals surface area (Å²) in [6.45, 7) is 7.14. The maximum atomic E-state index is 13.0. The summed E-state index contributed by atoms with van der Waals surface area (Å²) in [5.74, 6) is -0.114. The molecule has 2 aromatic rings. The minimum absolute atomic E-state index is 0.0264. The molecule has 0 aromatic heterocycles. The lowest BCUT2D eigenvalue weighted by atomic mass is 9.98. The number of aryl methyl sites for hydroxylation is 1. The van der Waals surface area contributed by atoms with E-state index >= 15 is 0 Å². The molecule has 0 aliphatic carbocycles. The van der Waals surface area contributed by atoms with E-state index in [1.54, 1.807) is 4.90 Å². The van der Waals surface area contributed by atoms with Crippen molar-refractivity contribution in [1.29, 1.82) is 0 Å². The Morgan fingerprint density at radius 3 is 2.71 bits per heavy atom. The maximum Gasteiger partial charge on any atom is 0.251 e. The van der Waals surface area contributed by atoms with Gasteiger partial charge in [0.1, 0.15) is 0 Å². The number of amides is 2. The topological polar surface area (TPSA) is 52.7 Å². The second kappa shape index (κ2) is 9.92. The van der Waals surface area contributed by atoms with Crippen molar-refractivity contribution in [1.82, 2.24) is 10.2 Å². The lowest BCUT2D eigenvalue weighted by Gasteiger charge is -2.29. The first kappa shape index (κ1) is 21.3. The molecule has 2 aliphatic rings. The van der Waals surface area contributed by atoms with Gasteiger partial charge in [-0.25, -0.2) is 0 Å². The highest BCUT2D eigenvalue weighted by Crippen LogP contribution is 2.28. The second-order valence-corrected chi connectivity index (χ2v) is 8.53. The predicted octanol–water partition coefficient (Wildman–Crippen LogP) is 3.94. The smallest absolute Gasteiger partial charge is 0.251 e. The van der Waals surface area contributed by atoms with Gasteiger partial charge in [-0.3, -0.25) is 14.5 Å². The van der Waals surface area contributed by atoms with Gasteiger partial charge in [-0.05, 0) is 67.6 Å². The summed E-state index contributed by atoms with van der Waals surface area (Å²) in [6, 6.07) is 16.3. The van der Waals surface area contributed by atoms with Crippen molar-refractivity contribution < 1.29 is 9.59 Å². The van der Waals surface area contributed by atoms with E-state index in [-0.39, 0.29) is 17.9 Å². The lowest BCUT2D eigenvalue weighted by Crippen LogP contribution is -2.42. The number of rotatable bonds is 5. The number of fused-ring (bicyclic) bond motifs is 1. The van der Waals surface area contributed by atoms with E-state index in [1.807, 2.05) is 24.3 Å². The van der Waals surface area contributed by atoms with Gasteiger partial charge in [0, 0.05) is 36.9 Å². The minimum Gasteiger partial charge on any atom is -0.348 e. The van der Waals surface area contributed by atoms with Crippen LogP contribution in [-0.2, 0) is 17.8 Å². The largest absolute Gasteiger partial charge is 0.348 e. The Bertz CT molecular complexity index is 941. The number of anilines is 1. The van der Waals surface area contributed by atoms with E-state index in [2.05, 4.69) is 41.1 Å². The molecule has 2 heterocycles. The Kier molecular flexibility index (Phi) is 6.82. The molecule has 5 nitrogen and oxygen atoms in total. The van der Waals surface area contributed by atoms with Gasteiger partial charge < -0.3 is 10.2 Å². The average molecular weight is 418 g/mol. The summed E-state index contributed by atoms with van der Waals surface area (Å²) in [4.78, 5) is 29.3. The minimum atomic E-state index is -0.0879. The van der Waals surface area contributed by atoms with Crippen molar-refractivity contribution in [3.05, 3.63) is 77.9 Å². The van der Waals surface area contributed by atoms with Crippen molar-refractivity contribution in [3.63, 3.8) is 0 Å². The number of carbonyl (C=O) groups is 2. The van der Waals surface area contributed by atoms with Gasteiger partial charge in [0.25, 0.3) is 5.91 Å². The molecule has 4 rings (SSSR count). The van der Waals surface area contributed by atoms with Crippen LogP contribution in [0.1, 0.15) is 47.2 Å². The van der Waals surface area contributed by atoms with Crippen molar-refractivity contribution in [2.75, 3.05) is 24.5 Å². The molecule has 1 saturated heterocycles. The van der Waals surface area contributed by atoms with E-state index < -0.39 is 0 Å². The van der Waals surface area contributed by atoms with Crippen LogP contribution >= 0.6 is 0 Å².